The van der Waals surface area contributed by atoms with Crippen molar-refractivity contribution in [3.8, 4) is 55.6 Å². The number of rotatable bonds is 8. The fourth-order valence-electron chi connectivity index (χ4n) is 9.90. The smallest absolute Gasteiger partial charge is 0.0540 e. The highest BCUT2D eigenvalue weighted by molar-refractivity contribution is 5.96. The van der Waals surface area contributed by atoms with E-state index in [1.54, 1.807) is 0 Å². The number of nitrogens with zero attached hydrogens (tertiary/aromatic N) is 1. The van der Waals surface area contributed by atoms with Crippen LogP contribution in [0.2, 0.25) is 0 Å². The van der Waals surface area contributed by atoms with E-state index in [1.165, 1.54) is 110 Å². The quantitative estimate of drug-likeness (QED) is 0.150. The Morgan fingerprint density at radius 2 is 0.914 bits per heavy atom. The lowest BCUT2D eigenvalue weighted by atomic mass is 9.82. The van der Waals surface area contributed by atoms with E-state index in [2.05, 4.69) is 213 Å². The van der Waals surface area contributed by atoms with Gasteiger partial charge in [-0.05, 0) is 116 Å². The minimum atomic E-state index is -0.110. The molecule has 8 aromatic rings. The first-order chi connectivity index (χ1) is 28.5. The van der Waals surface area contributed by atoms with E-state index in [0.717, 1.165) is 11.4 Å². The van der Waals surface area contributed by atoms with Crippen LogP contribution in [0.15, 0.2) is 194 Å². The Balaban J connectivity index is 1.12. The van der Waals surface area contributed by atoms with Gasteiger partial charge in [-0.15, -0.1) is 0 Å². The highest BCUT2D eigenvalue weighted by atomic mass is 15.1. The normalized spacial score (nSPS) is 14.4. The van der Waals surface area contributed by atoms with Gasteiger partial charge in [0.25, 0.3) is 0 Å². The van der Waals surface area contributed by atoms with Crippen LogP contribution in [-0.2, 0) is 5.41 Å². The van der Waals surface area contributed by atoms with Gasteiger partial charge in [-0.3, -0.25) is 0 Å². The van der Waals surface area contributed by atoms with Crippen LogP contribution in [0, 0.1) is 0 Å². The molecule has 2 aliphatic carbocycles. The molecule has 1 fully saturated rings. The molecule has 1 heteroatoms. The Morgan fingerprint density at radius 3 is 1.59 bits per heavy atom. The number of benzene rings is 8. The Hall–Kier alpha value is -6.44. The Labute approximate surface area is 344 Å². The Bertz CT molecular complexity index is 2640. The number of anilines is 3. The van der Waals surface area contributed by atoms with Gasteiger partial charge in [-0.25, -0.2) is 0 Å². The molecule has 0 aromatic heterocycles. The molecule has 0 aliphatic heterocycles. The lowest BCUT2D eigenvalue weighted by Crippen LogP contribution is -2.16. The van der Waals surface area contributed by atoms with Crippen molar-refractivity contribution in [2.75, 3.05) is 4.90 Å². The number of hydrogen-bond acceptors (Lipinski definition) is 1. The minimum absolute atomic E-state index is 0.110. The summed E-state index contributed by atoms with van der Waals surface area (Å²) in [6, 6.07) is 72.1. The van der Waals surface area contributed by atoms with Crippen LogP contribution in [0.5, 0.6) is 0 Å². The van der Waals surface area contributed by atoms with Crippen LogP contribution >= 0.6 is 0 Å². The number of hydrogen-bond donors (Lipinski definition) is 0. The molecule has 8 aromatic carbocycles. The Morgan fingerprint density at radius 1 is 0.397 bits per heavy atom. The maximum absolute atomic E-state index is 2.48. The SMILES string of the molecule is CC1(C)c2ccccc2-c2ccc(N(c3ccc(-c4c(-c5ccccc5)cccc4-c4ccccc4)cc3)c3ccccc3-c3ccc(C4CCCCC4)cc3)cc21. The molecule has 0 amide bonds. The molecule has 282 valence electrons. The van der Waals surface area contributed by atoms with Gasteiger partial charge in [0.15, 0.2) is 0 Å². The van der Waals surface area contributed by atoms with Crippen molar-refractivity contribution in [3.63, 3.8) is 0 Å². The van der Waals surface area contributed by atoms with Crippen LogP contribution < -0.4 is 4.90 Å². The van der Waals surface area contributed by atoms with Gasteiger partial charge >= 0.3 is 0 Å². The summed E-state index contributed by atoms with van der Waals surface area (Å²) < 4.78 is 0. The molecule has 0 heterocycles. The zero-order valence-corrected chi connectivity index (χ0v) is 33.5. The molecule has 58 heavy (non-hydrogen) atoms. The maximum Gasteiger partial charge on any atom is 0.0540 e. The molecule has 0 bridgehead atoms. The summed E-state index contributed by atoms with van der Waals surface area (Å²) in [5, 5.41) is 0. The van der Waals surface area contributed by atoms with Crippen molar-refractivity contribution in [3.05, 3.63) is 211 Å². The molecular weight excluding hydrogens is 699 g/mol. The van der Waals surface area contributed by atoms with E-state index in [9.17, 15) is 0 Å². The molecule has 0 unspecified atom stereocenters. The minimum Gasteiger partial charge on any atom is -0.310 e. The van der Waals surface area contributed by atoms with E-state index in [1.807, 2.05) is 0 Å². The van der Waals surface area contributed by atoms with Crippen molar-refractivity contribution >= 4 is 17.1 Å². The molecule has 1 saturated carbocycles. The van der Waals surface area contributed by atoms with E-state index in [0.29, 0.717) is 5.92 Å². The number of fused-ring (bicyclic) bond motifs is 3. The number of para-hydroxylation sites is 1. The van der Waals surface area contributed by atoms with Crippen molar-refractivity contribution in [2.45, 2.75) is 57.3 Å². The largest absolute Gasteiger partial charge is 0.310 e. The first kappa shape index (κ1) is 35.9. The van der Waals surface area contributed by atoms with Crippen LogP contribution in [0.25, 0.3) is 55.6 Å². The first-order valence-corrected chi connectivity index (χ1v) is 21.1. The van der Waals surface area contributed by atoms with Crippen LogP contribution in [0.4, 0.5) is 17.1 Å². The average Bonchev–Trinajstić information content (AvgIpc) is 3.53. The van der Waals surface area contributed by atoms with E-state index >= 15 is 0 Å². The molecule has 0 saturated heterocycles. The van der Waals surface area contributed by atoms with E-state index < -0.39 is 0 Å². The lowest BCUT2D eigenvalue weighted by Gasteiger charge is -2.30. The van der Waals surface area contributed by atoms with E-state index in [-0.39, 0.29) is 5.41 Å². The summed E-state index contributed by atoms with van der Waals surface area (Å²) in [6.45, 7) is 4.74. The summed E-state index contributed by atoms with van der Waals surface area (Å²) in [4.78, 5) is 2.48. The van der Waals surface area contributed by atoms with Crippen molar-refractivity contribution in [2.24, 2.45) is 0 Å². The second-order valence-corrected chi connectivity index (χ2v) is 16.7. The fraction of sp³-hybridized carbons (Fsp3) is 0.158. The summed E-state index contributed by atoms with van der Waals surface area (Å²) >= 11 is 0. The fourth-order valence-corrected chi connectivity index (χ4v) is 9.90. The molecule has 0 radical (unpaired) electrons. The summed E-state index contributed by atoms with van der Waals surface area (Å²) in [6.07, 6.45) is 6.68. The molecule has 0 N–H and O–H groups in total. The zero-order valence-electron chi connectivity index (χ0n) is 33.5. The van der Waals surface area contributed by atoms with Crippen LogP contribution in [-0.4, -0.2) is 0 Å². The van der Waals surface area contributed by atoms with Crippen LogP contribution in [0.1, 0.15) is 68.6 Å². The van der Waals surface area contributed by atoms with Gasteiger partial charge in [0.05, 0.1) is 5.69 Å². The van der Waals surface area contributed by atoms with Gasteiger partial charge in [0, 0.05) is 22.4 Å². The molecule has 1 nitrogen and oxygen atoms in total. The second kappa shape index (κ2) is 15.1. The first-order valence-electron chi connectivity index (χ1n) is 21.1. The second-order valence-electron chi connectivity index (χ2n) is 16.7. The summed E-state index contributed by atoms with van der Waals surface area (Å²) in [5.74, 6) is 0.682. The molecular formula is C57H49N. The molecule has 0 atom stereocenters. The predicted octanol–water partition coefficient (Wildman–Crippen LogP) is 16.2. The van der Waals surface area contributed by atoms with Gasteiger partial charge in [0.2, 0.25) is 0 Å². The van der Waals surface area contributed by atoms with Gasteiger partial charge in [-0.2, -0.15) is 0 Å². The van der Waals surface area contributed by atoms with Crippen molar-refractivity contribution in [1.29, 1.82) is 0 Å². The molecule has 2 aliphatic rings. The van der Waals surface area contributed by atoms with Gasteiger partial charge in [0.1, 0.15) is 0 Å². The highest BCUT2D eigenvalue weighted by Crippen LogP contribution is 2.51. The molecule has 10 rings (SSSR count). The third kappa shape index (κ3) is 6.45. The third-order valence-electron chi connectivity index (χ3n) is 12.9. The van der Waals surface area contributed by atoms with Crippen LogP contribution in [0.3, 0.4) is 0 Å². The highest BCUT2D eigenvalue weighted by Gasteiger charge is 2.36. The third-order valence-corrected chi connectivity index (χ3v) is 12.9. The maximum atomic E-state index is 2.48. The molecule has 0 spiro atoms. The van der Waals surface area contributed by atoms with E-state index in [4.69, 9.17) is 0 Å². The monoisotopic (exact) mass is 747 g/mol. The topological polar surface area (TPSA) is 3.24 Å². The zero-order chi connectivity index (χ0) is 39.1. The van der Waals surface area contributed by atoms with Gasteiger partial charge in [-0.1, -0.05) is 197 Å². The van der Waals surface area contributed by atoms with Crippen molar-refractivity contribution in [1.82, 2.24) is 0 Å². The Kier molecular flexibility index (Phi) is 9.38. The lowest BCUT2D eigenvalue weighted by molar-refractivity contribution is 0.443. The van der Waals surface area contributed by atoms with Crippen molar-refractivity contribution < 1.29 is 0 Å². The van der Waals surface area contributed by atoms with Gasteiger partial charge < -0.3 is 4.90 Å². The summed E-state index contributed by atoms with van der Waals surface area (Å²) in [7, 11) is 0. The summed E-state index contributed by atoms with van der Waals surface area (Å²) in [5.41, 5.74) is 20.1. The predicted molar refractivity (Wildman–Crippen MR) is 246 cm³/mol. The standard InChI is InChI=1S/C57H49N/c1-57(2)53-27-14-12-24-51(53)52-38-37-47(39-54(52)57)58(55-28-15-13-23-48(55)44-31-29-41(30-32-44)40-17-6-3-7-18-40)46-35-33-45(34-36-46)56-49(42-19-8-4-9-20-42)25-16-26-50(56)43-21-10-5-11-22-43/h4-5,8-16,19-40H,3,6-7,17-18H2,1-2H3. The average molecular weight is 748 g/mol.